The lowest BCUT2D eigenvalue weighted by molar-refractivity contribution is -0.116. The summed E-state index contributed by atoms with van der Waals surface area (Å²) in [5.41, 5.74) is 1.24. The fourth-order valence-electron chi connectivity index (χ4n) is 3.29. The van der Waals surface area contributed by atoms with E-state index in [1.807, 2.05) is 0 Å². The first-order valence-electron chi connectivity index (χ1n) is 9.68. The van der Waals surface area contributed by atoms with Crippen LogP contribution in [-0.2, 0) is 11.3 Å². The van der Waals surface area contributed by atoms with E-state index in [-0.39, 0.29) is 17.5 Å². The topological polar surface area (TPSA) is 81.1 Å². The third-order valence-electron chi connectivity index (χ3n) is 4.85. The lowest BCUT2D eigenvalue weighted by atomic mass is 10.0. The van der Waals surface area contributed by atoms with Crippen LogP contribution in [0.25, 0.3) is 11.0 Å². The van der Waals surface area contributed by atoms with Crippen molar-refractivity contribution in [3.05, 3.63) is 104 Å². The van der Waals surface area contributed by atoms with E-state index in [1.165, 1.54) is 35.0 Å². The van der Waals surface area contributed by atoms with Crippen LogP contribution in [0, 0.1) is 12.7 Å². The number of hydrogen-bond donors (Lipinski definition) is 1. The highest BCUT2D eigenvalue weighted by Gasteiger charge is 2.19. The van der Waals surface area contributed by atoms with E-state index in [4.69, 9.17) is 0 Å². The molecular weight excluding hydrogens is 477 g/mol. The number of pyridine rings is 2. The van der Waals surface area contributed by atoms with Crippen LogP contribution in [0.15, 0.2) is 76.1 Å². The first-order valence-corrected chi connectivity index (χ1v) is 10.5. The van der Waals surface area contributed by atoms with Gasteiger partial charge in [-0.1, -0.05) is 15.9 Å². The standard InChI is InChI=1S/C24H17BrFN3O3/c1-14-2-11-19-23(32)20(22(31)15-3-5-16(25)6-4-15)12-29(24(19)27-14)13-21(30)28-18-9-7-17(26)8-10-18/h2-12H,13H2,1H3,(H,28,30). The minimum Gasteiger partial charge on any atom is -0.325 e. The molecule has 0 aliphatic rings. The molecule has 2 heterocycles. The van der Waals surface area contributed by atoms with Gasteiger partial charge < -0.3 is 9.88 Å². The first-order chi connectivity index (χ1) is 15.3. The van der Waals surface area contributed by atoms with Crippen molar-refractivity contribution in [3.8, 4) is 0 Å². The van der Waals surface area contributed by atoms with Crippen LogP contribution >= 0.6 is 15.9 Å². The summed E-state index contributed by atoms with van der Waals surface area (Å²) in [6.45, 7) is 1.58. The van der Waals surface area contributed by atoms with Gasteiger partial charge in [-0.05, 0) is 67.6 Å². The molecule has 0 bridgehead atoms. The van der Waals surface area contributed by atoms with Crippen LogP contribution in [0.3, 0.4) is 0 Å². The molecule has 2 aromatic heterocycles. The lowest BCUT2D eigenvalue weighted by Crippen LogP contribution is -2.25. The van der Waals surface area contributed by atoms with Crippen LogP contribution in [0.1, 0.15) is 21.6 Å². The molecule has 0 radical (unpaired) electrons. The summed E-state index contributed by atoms with van der Waals surface area (Å²) < 4.78 is 15.4. The molecule has 0 fully saturated rings. The van der Waals surface area contributed by atoms with Crippen LogP contribution in [0.5, 0.6) is 0 Å². The van der Waals surface area contributed by atoms with Gasteiger partial charge in [0.2, 0.25) is 11.3 Å². The highest BCUT2D eigenvalue weighted by Crippen LogP contribution is 2.17. The predicted molar refractivity (Wildman–Crippen MR) is 123 cm³/mol. The largest absolute Gasteiger partial charge is 0.325 e. The maximum absolute atomic E-state index is 13.1. The van der Waals surface area contributed by atoms with Crippen molar-refractivity contribution in [2.75, 3.05) is 5.32 Å². The van der Waals surface area contributed by atoms with Crippen LogP contribution in [0.2, 0.25) is 0 Å². The van der Waals surface area contributed by atoms with E-state index in [2.05, 4.69) is 26.2 Å². The fourth-order valence-corrected chi connectivity index (χ4v) is 3.55. The lowest BCUT2D eigenvalue weighted by Gasteiger charge is -2.13. The summed E-state index contributed by atoms with van der Waals surface area (Å²) in [5.74, 6) is -1.27. The highest BCUT2D eigenvalue weighted by molar-refractivity contribution is 9.10. The number of hydrogen-bond acceptors (Lipinski definition) is 4. The predicted octanol–water partition coefficient (Wildman–Crippen LogP) is 4.48. The molecule has 4 rings (SSSR count). The fraction of sp³-hybridized carbons (Fsp3) is 0.0833. The SMILES string of the molecule is Cc1ccc2c(=O)c(C(=O)c3ccc(Br)cc3)cn(CC(=O)Nc3ccc(F)cc3)c2n1. The van der Waals surface area contributed by atoms with E-state index in [9.17, 15) is 18.8 Å². The molecule has 0 saturated heterocycles. The van der Waals surface area contributed by atoms with Crippen LogP contribution in [0.4, 0.5) is 10.1 Å². The third-order valence-corrected chi connectivity index (χ3v) is 5.38. The molecule has 0 unspecified atom stereocenters. The molecule has 4 aromatic rings. The van der Waals surface area contributed by atoms with Crippen molar-refractivity contribution in [1.82, 2.24) is 9.55 Å². The van der Waals surface area contributed by atoms with Crippen LogP contribution < -0.4 is 10.7 Å². The van der Waals surface area contributed by atoms with Crippen molar-refractivity contribution < 1.29 is 14.0 Å². The zero-order valence-electron chi connectivity index (χ0n) is 16.9. The van der Waals surface area contributed by atoms with Crippen LogP contribution in [-0.4, -0.2) is 21.2 Å². The number of nitrogens with one attached hydrogen (secondary N) is 1. The summed E-state index contributed by atoms with van der Waals surface area (Å²) in [5, 5.41) is 2.92. The number of carbonyl (C=O) groups is 2. The van der Waals surface area contributed by atoms with E-state index in [1.54, 1.807) is 43.3 Å². The second kappa shape index (κ2) is 8.84. The minimum absolute atomic E-state index is 0.0555. The van der Waals surface area contributed by atoms with Gasteiger partial charge in [-0.25, -0.2) is 9.37 Å². The van der Waals surface area contributed by atoms with Gasteiger partial charge in [-0.15, -0.1) is 0 Å². The van der Waals surface area contributed by atoms with Crippen molar-refractivity contribution in [1.29, 1.82) is 0 Å². The van der Waals surface area contributed by atoms with Crippen molar-refractivity contribution >= 4 is 44.3 Å². The van der Waals surface area contributed by atoms with Gasteiger partial charge in [0.15, 0.2) is 5.78 Å². The maximum atomic E-state index is 13.1. The summed E-state index contributed by atoms with van der Waals surface area (Å²) in [4.78, 5) is 43.2. The summed E-state index contributed by atoms with van der Waals surface area (Å²) in [6.07, 6.45) is 1.37. The second-order valence-electron chi connectivity index (χ2n) is 7.21. The zero-order valence-corrected chi connectivity index (χ0v) is 18.5. The number of fused-ring (bicyclic) bond motifs is 1. The molecular formula is C24H17BrFN3O3. The molecule has 0 atom stereocenters. The Bertz CT molecular complexity index is 1400. The number of amides is 1. The molecule has 0 aliphatic carbocycles. The number of anilines is 1. The van der Waals surface area contributed by atoms with Gasteiger partial charge in [-0.3, -0.25) is 14.4 Å². The van der Waals surface area contributed by atoms with Crippen molar-refractivity contribution in [2.24, 2.45) is 0 Å². The van der Waals surface area contributed by atoms with E-state index >= 15 is 0 Å². The Labute approximate surface area is 190 Å². The van der Waals surface area contributed by atoms with Gasteiger partial charge in [0.25, 0.3) is 0 Å². The van der Waals surface area contributed by atoms with Gasteiger partial charge in [0.1, 0.15) is 18.0 Å². The molecule has 8 heteroatoms. The number of rotatable bonds is 5. The van der Waals surface area contributed by atoms with Gasteiger partial charge >= 0.3 is 0 Å². The number of aromatic nitrogens is 2. The quantitative estimate of drug-likeness (QED) is 0.415. The summed E-state index contributed by atoms with van der Waals surface area (Å²) >= 11 is 3.32. The van der Waals surface area contributed by atoms with Gasteiger partial charge in [-0.2, -0.15) is 0 Å². The van der Waals surface area contributed by atoms with Crippen molar-refractivity contribution in [2.45, 2.75) is 13.5 Å². The molecule has 1 N–H and O–H groups in total. The summed E-state index contributed by atoms with van der Waals surface area (Å²) in [7, 11) is 0. The second-order valence-corrected chi connectivity index (χ2v) is 8.13. The molecule has 2 aromatic carbocycles. The van der Waals surface area contributed by atoms with Crippen molar-refractivity contribution in [3.63, 3.8) is 0 Å². The number of aryl methyl sites for hydroxylation is 1. The third kappa shape index (κ3) is 4.50. The zero-order chi connectivity index (χ0) is 22.8. The maximum Gasteiger partial charge on any atom is 0.244 e. The summed E-state index contributed by atoms with van der Waals surface area (Å²) in [6, 6.07) is 15.3. The molecule has 1 amide bonds. The van der Waals surface area contributed by atoms with Gasteiger partial charge in [0, 0.05) is 27.6 Å². The highest BCUT2D eigenvalue weighted by atomic mass is 79.9. The number of halogens is 2. The van der Waals surface area contributed by atoms with E-state index < -0.39 is 22.9 Å². The number of ketones is 1. The molecule has 160 valence electrons. The minimum atomic E-state index is -0.449. The Morgan fingerprint density at radius 2 is 1.72 bits per heavy atom. The number of nitrogens with zero attached hydrogens (tertiary/aromatic N) is 2. The molecule has 6 nitrogen and oxygen atoms in total. The first kappa shape index (κ1) is 21.6. The Kier molecular flexibility index (Phi) is 5.96. The normalized spacial score (nSPS) is 10.8. The average Bonchev–Trinajstić information content (AvgIpc) is 2.77. The average molecular weight is 494 g/mol. The Morgan fingerprint density at radius 1 is 1.03 bits per heavy atom. The molecule has 32 heavy (non-hydrogen) atoms. The Hall–Kier alpha value is -3.65. The Morgan fingerprint density at radius 3 is 2.41 bits per heavy atom. The number of benzene rings is 2. The Balaban J connectivity index is 1.75. The smallest absolute Gasteiger partial charge is 0.244 e. The molecule has 0 spiro atoms. The molecule has 0 saturated carbocycles. The van der Waals surface area contributed by atoms with E-state index in [0.29, 0.717) is 22.6 Å². The number of carbonyl (C=O) groups excluding carboxylic acids is 2. The molecule has 0 aliphatic heterocycles. The van der Waals surface area contributed by atoms with E-state index in [0.717, 1.165) is 4.47 Å². The monoisotopic (exact) mass is 493 g/mol. The van der Waals surface area contributed by atoms with Gasteiger partial charge in [0.05, 0.1) is 10.9 Å².